The van der Waals surface area contributed by atoms with Gasteiger partial charge in [-0.25, -0.2) is 0 Å². The van der Waals surface area contributed by atoms with Gasteiger partial charge in [0.15, 0.2) is 0 Å². The second-order valence-electron chi connectivity index (χ2n) is 7.48. The Morgan fingerprint density at radius 2 is 1.69 bits per heavy atom. The van der Waals surface area contributed by atoms with Crippen LogP contribution in [0, 0.1) is 0 Å². The molecule has 1 aliphatic heterocycles. The molecule has 6 nitrogen and oxygen atoms in total. The standard InChI is InChI=1S/C23H29N3O3/c1-17(19-8-10-21(29-2)11-9-19)24-22(27)23(28)25-20-12-14-26(15-13-20)16-18-6-4-3-5-7-18/h3-11,17,20H,12-16H2,1-2H3,(H,24,27)(H,25,28). The molecule has 1 fully saturated rings. The highest BCUT2D eigenvalue weighted by Gasteiger charge is 2.24. The van der Waals surface area contributed by atoms with Gasteiger partial charge in [-0.2, -0.15) is 0 Å². The van der Waals surface area contributed by atoms with E-state index in [1.807, 2.05) is 49.4 Å². The summed E-state index contributed by atoms with van der Waals surface area (Å²) < 4.78 is 5.14. The van der Waals surface area contributed by atoms with Crippen molar-refractivity contribution in [3.8, 4) is 5.75 Å². The Balaban J connectivity index is 1.42. The van der Waals surface area contributed by atoms with E-state index in [2.05, 4.69) is 27.7 Å². The van der Waals surface area contributed by atoms with Crippen LogP contribution in [0.2, 0.25) is 0 Å². The summed E-state index contributed by atoms with van der Waals surface area (Å²) in [5, 5.41) is 5.64. The fraction of sp³-hybridized carbons (Fsp3) is 0.391. The highest BCUT2D eigenvalue weighted by atomic mass is 16.5. The molecule has 0 saturated carbocycles. The average Bonchev–Trinajstić information content (AvgIpc) is 2.75. The summed E-state index contributed by atoms with van der Waals surface area (Å²) in [5.41, 5.74) is 2.21. The third-order valence-corrected chi connectivity index (χ3v) is 5.34. The number of amides is 2. The third kappa shape index (κ3) is 6.06. The van der Waals surface area contributed by atoms with Gasteiger partial charge in [0.2, 0.25) is 0 Å². The van der Waals surface area contributed by atoms with Gasteiger partial charge in [-0.1, -0.05) is 42.5 Å². The summed E-state index contributed by atoms with van der Waals surface area (Å²) in [6.45, 7) is 4.59. The Morgan fingerprint density at radius 3 is 2.31 bits per heavy atom. The van der Waals surface area contributed by atoms with Crippen molar-refractivity contribution >= 4 is 11.8 Å². The number of nitrogens with zero attached hydrogens (tertiary/aromatic N) is 1. The Labute approximate surface area is 172 Å². The molecule has 1 saturated heterocycles. The second kappa shape index (κ2) is 10.1. The zero-order valence-corrected chi connectivity index (χ0v) is 17.1. The van der Waals surface area contributed by atoms with Crippen molar-refractivity contribution in [2.45, 2.75) is 38.4 Å². The van der Waals surface area contributed by atoms with Crippen LogP contribution < -0.4 is 15.4 Å². The Morgan fingerprint density at radius 1 is 1.03 bits per heavy atom. The molecule has 0 aliphatic carbocycles. The molecule has 0 radical (unpaired) electrons. The van der Waals surface area contributed by atoms with Crippen LogP contribution in [0.25, 0.3) is 0 Å². The molecule has 2 amide bonds. The number of hydrogen-bond donors (Lipinski definition) is 2. The lowest BCUT2D eigenvalue weighted by atomic mass is 10.0. The Bertz CT molecular complexity index is 800. The first-order valence-electron chi connectivity index (χ1n) is 10.1. The largest absolute Gasteiger partial charge is 0.497 e. The molecule has 1 heterocycles. The number of nitrogens with one attached hydrogen (secondary N) is 2. The lowest BCUT2D eigenvalue weighted by molar-refractivity contribution is -0.140. The number of carbonyl (C=O) groups excluding carboxylic acids is 2. The molecular weight excluding hydrogens is 366 g/mol. The van der Waals surface area contributed by atoms with E-state index in [0.29, 0.717) is 0 Å². The fourth-order valence-electron chi connectivity index (χ4n) is 3.57. The first kappa shape index (κ1) is 20.9. The normalized spacial score (nSPS) is 16.1. The van der Waals surface area contributed by atoms with Crippen LogP contribution in [0.3, 0.4) is 0 Å². The predicted octanol–water partition coefficient (Wildman–Crippen LogP) is 2.65. The van der Waals surface area contributed by atoms with Crippen molar-refractivity contribution < 1.29 is 14.3 Å². The maximum Gasteiger partial charge on any atom is 0.309 e. The highest BCUT2D eigenvalue weighted by molar-refractivity contribution is 6.35. The summed E-state index contributed by atoms with van der Waals surface area (Å²) in [6, 6.07) is 17.6. The highest BCUT2D eigenvalue weighted by Crippen LogP contribution is 2.17. The number of rotatable bonds is 6. The summed E-state index contributed by atoms with van der Waals surface area (Å²) in [6.07, 6.45) is 1.69. The summed E-state index contributed by atoms with van der Waals surface area (Å²) in [7, 11) is 1.61. The molecule has 154 valence electrons. The molecule has 1 unspecified atom stereocenters. The van der Waals surface area contributed by atoms with E-state index in [0.717, 1.165) is 43.8 Å². The van der Waals surface area contributed by atoms with Crippen LogP contribution in [0.15, 0.2) is 54.6 Å². The van der Waals surface area contributed by atoms with Crippen LogP contribution >= 0.6 is 0 Å². The van der Waals surface area contributed by atoms with Crippen molar-refractivity contribution in [3.05, 3.63) is 65.7 Å². The number of likely N-dealkylation sites (tertiary alicyclic amines) is 1. The molecule has 1 atom stereocenters. The predicted molar refractivity (Wildman–Crippen MR) is 112 cm³/mol. The number of methoxy groups -OCH3 is 1. The van der Waals surface area contributed by atoms with Crippen LogP contribution in [0.1, 0.15) is 36.9 Å². The molecule has 2 aromatic rings. The minimum Gasteiger partial charge on any atom is -0.497 e. The number of hydrogen-bond acceptors (Lipinski definition) is 4. The second-order valence-corrected chi connectivity index (χ2v) is 7.48. The summed E-state index contributed by atoms with van der Waals surface area (Å²) in [4.78, 5) is 26.9. The Kier molecular flexibility index (Phi) is 7.25. The monoisotopic (exact) mass is 395 g/mol. The molecule has 1 aliphatic rings. The number of benzene rings is 2. The summed E-state index contributed by atoms with van der Waals surface area (Å²) >= 11 is 0. The molecule has 2 aromatic carbocycles. The van der Waals surface area contributed by atoms with Gasteiger partial charge >= 0.3 is 11.8 Å². The minimum atomic E-state index is -0.597. The quantitative estimate of drug-likeness (QED) is 0.738. The van der Waals surface area contributed by atoms with E-state index < -0.39 is 11.8 Å². The zero-order chi connectivity index (χ0) is 20.6. The molecule has 3 rings (SSSR count). The van der Waals surface area contributed by atoms with Crippen LogP contribution in [-0.4, -0.2) is 43.0 Å². The fourth-order valence-corrected chi connectivity index (χ4v) is 3.57. The molecule has 2 N–H and O–H groups in total. The van der Waals surface area contributed by atoms with Gasteiger partial charge in [-0.15, -0.1) is 0 Å². The molecule has 0 bridgehead atoms. The van der Waals surface area contributed by atoms with Crippen LogP contribution in [-0.2, 0) is 16.1 Å². The number of ether oxygens (including phenoxy) is 1. The van der Waals surface area contributed by atoms with Gasteiger partial charge in [0, 0.05) is 25.7 Å². The van der Waals surface area contributed by atoms with Crippen molar-refractivity contribution in [1.82, 2.24) is 15.5 Å². The molecule has 6 heteroatoms. The first-order valence-corrected chi connectivity index (χ1v) is 10.1. The molecule has 29 heavy (non-hydrogen) atoms. The molecular formula is C23H29N3O3. The maximum absolute atomic E-state index is 12.3. The zero-order valence-electron chi connectivity index (χ0n) is 17.1. The lowest BCUT2D eigenvalue weighted by Crippen LogP contribution is -2.49. The number of piperidine rings is 1. The minimum absolute atomic E-state index is 0.0385. The first-order chi connectivity index (χ1) is 14.0. The van der Waals surface area contributed by atoms with Crippen molar-refractivity contribution in [1.29, 1.82) is 0 Å². The van der Waals surface area contributed by atoms with E-state index >= 15 is 0 Å². The van der Waals surface area contributed by atoms with Crippen molar-refractivity contribution in [2.24, 2.45) is 0 Å². The lowest BCUT2D eigenvalue weighted by Gasteiger charge is -2.32. The number of carbonyl (C=O) groups is 2. The summed E-state index contributed by atoms with van der Waals surface area (Å²) in [5.74, 6) is -0.407. The topological polar surface area (TPSA) is 70.7 Å². The van der Waals surface area contributed by atoms with E-state index in [4.69, 9.17) is 4.74 Å². The van der Waals surface area contributed by atoms with Gasteiger partial charge in [0.1, 0.15) is 5.75 Å². The third-order valence-electron chi connectivity index (χ3n) is 5.34. The van der Waals surface area contributed by atoms with E-state index in [-0.39, 0.29) is 12.1 Å². The molecule has 0 aromatic heterocycles. The smallest absolute Gasteiger partial charge is 0.309 e. The average molecular weight is 396 g/mol. The van der Waals surface area contributed by atoms with E-state index in [9.17, 15) is 9.59 Å². The maximum atomic E-state index is 12.3. The van der Waals surface area contributed by atoms with Crippen molar-refractivity contribution in [2.75, 3.05) is 20.2 Å². The Hall–Kier alpha value is -2.86. The van der Waals surface area contributed by atoms with Gasteiger partial charge in [-0.3, -0.25) is 14.5 Å². The van der Waals surface area contributed by atoms with Crippen LogP contribution in [0.5, 0.6) is 5.75 Å². The van der Waals surface area contributed by atoms with Gasteiger partial charge < -0.3 is 15.4 Å². The van der Waals surface area contributed by atoms with Crippen LogP contribution in [0.4, 0.5) is 0 Å². The van der Waals surface area contributed by atoms with Gasteiger partial charge in [-0.05, 0) is 43.0 Å². The van der Waals surface area contributed by atoms with Crippen molar-refractivity contribution in [3.63, 3.8) is 0 Å². The van der Waals surface area contributed by atoms with E-state index in [1.165, 1.54) is 5.56 Å². The van der Waals surface area contributed by atoms with Gasteiger partial charge in [0.05, 0.1) is 13.2 Å². The van der Waals surface area contributed by atoms with E-state index in [1.54, 1.807) is 7.11 Å². The molecule has 0 spiro atoms. The SMILES string of the molecule is COc1ccc(C(C)NC(=O)C(=O)NC2CCN(Cc3ccccc3)CC2)cc1. The van der Waals surface area contributed by atoms with Gasteiger partial charge in [0.25, 0.3) is 0 Å².